The molecule has 0 saturated carbocycles. The molecule has 1 unspecified atom stereocenters. The van der Waals surface area contributed by atoms with Gasteiger partial charge in [-0.05, 0) is 54.8 Å². The van der Waals surface area contributed by atoms with Crippen LogP contribution in [-0.4, -0.2) is 17.9 Å². The molecule has 3 aromatic carbocycles. The molecule has 6 heteroatoms. The van der Waals surface area contributed by atoms with Crippen LogP contribution in [0.1, 0.15) is 28.4 Å². The quantitative estimate of drug-likeness (QED) is 0.630. The second kappa shape index (κ2) is 9.50. The molecule has 0 aliphatic rings. The zero-order valence-electron chi connectivity index (χ0n) is 15.9. The van der Waals surface area contributed by atoms with Crippen LogP contribution in [0, 0.1) is 5.82 Å². The van der Waals surface area contributed by atoms with E-state index in [-0.39, 0.29) is 0 Å². The summed E-state index contributed by atoms with van der Waals surface area (Å²) in [5.41, 5.74) is 7.19. The van der Waals surface area contributed by atoms with Gasteiger partial charge < -0.3 is 4.74 Å². The van der Waals surface area contributed by atoms with Gasteiger partial charge in [0.05, 0.1) is 0 Å². The molecule has 2 amide bonds. The molecule has 5 nitrogen and oxygen atoms in total. The van der Waals surface area contributed by atoms with Crippen molar-refractivity contribution in [2.24, 2.45) is 0 Å². The number of carbonyl (C=O) groups excluding carboxylic acids is 2. The maximum atomic E-state index is 12.9. The van der Waals surface area contributed by atoms with Crippen LogP contribution >= 0.6 is 0 Å². The van der Waals surface area contributed by atoms with Crippen LogP contribution in [0.15, 0.2) is 78.9 Å². The summed E-state index contributed by atoms with van der Waals surface area (Å²) >= 11 is 0. The monoisotopic (exact) mass is 392 g/mol. The van der Waals surface area contributed by atoms with Gasteiger partial charge in [0.2, 0.25) is 0 Å². The van der Waals surface area contributed by atoms with Gasteiger partial charge in [-0.25, -0.2) is 4.39 Å². The molecule has 0 aromatic heterocycles. The smallest absolute Gasteiger partial charge is 0.279 e. The Bertz CT molecular complexity index is 975. The van der Waals surface area contributed by atoms with E-state index in [1.807, 2.05) is 42.5 Å². The van der Waals surface area contributed by atoms with Crippen molar-refractivity contribution in [1.82, 2.24) is 10.9 Å². The van der Waals surface area contributed by atoms with Gasteiger partial charge in [0.1, 0.15) is 11.6 Å². The maximum absolute atomic E-state index is 12.9. The van der Waals surface area contributed by atoms with E-state index in [1.54, 1.807) is 12.1 Å². The molecular formula is C23H21FN2O3. The third-order valence-corrected chi connectivity index (χ3v) is 4.29. The van der Waals surface area contributed by atoms with Gasteiger partial charge in [0.15, 0.2) is 6.10 Å². The van der Waals surface area contributed by atoms with E-state index in [9.17, 15) is 14.0 Å². The Morgan fingerprint density at radius 2 is 1.55 bits per heavy atom. The molecule has 148 valence electrons. The molecule has 0 radical (unpaired) electrons. The summed E-state index contributed by atoms with van der Waals surface area (Å²) in [5.74, 6) is -0.980. The first-order chi connectivity index (χ1) is 14.0. The predicted molar refractivity (Wildman–Crippen MR) is 108 cm³/mol. The average molecular weight is 392 g/mol. The van der Waals surface area contributed by atoms with Crippen LogP contribution in [-0.2, 0) is 11.2 Å². The molecule has 1 atom stereocenters. The summed E-state index contributed by atoms with van der Waals surface area (Å²) in [6, 6.07) is 22.4. The fourth-order valence-corrected chi connectivity index (χ4v) is 2.77. The normalized spacial score (nSPS) is 11.4. The van der Waals surface area contributed by atoms with Crippen molar-refractivity contribution in [3.8, 4) is 5.75 Å². The minimum atomic E-state index is -0.875. The maximum Gasteiger partial charge on any atom is 0.279 e. The zero-order valence-corrected chi connectivity index (χ0v) is 15.9. The highest BCUT2D eigenvalue weighted by molar-refractivity contribution is 5.97. The third-order valence-electron chi connectivity index (χ3n) is 4.29. The molecular weight excluding hydrogens is 371 g/mol. The second-order valence-electron chi connectivity index (χ2n) is 6.48. The van der Waals surface area contributed by atoms with Gasteiger partial charge in [-0.15, -0.1) is 0 Å². The van der Waals surface area contributed by atoms with E-state index >= 15 is 0 Å². The fraction of sp³-hybridized carbons (Fsp3) is 0.130. The largest absolute Gasteiger partial charge is 0.481 e. The molecule has 3 aromatic rings. The number of amides is 2. The van der Waals surface area contributed by atoms with E-state index in [1.165, 1.54) is 31.2 Å². The first-order valence-corrected chi connectivity index (χ1v) is 9.17. The van der Waals surface area contributed by atoms with Crippen molar-refractivity contribution in [1.29, 1.82) is 0 Å². The lowest BCUT2D eigenvalue weighted by Crippen LogP contribution is -2.47. The molecule has 0 aliphatic heterocycles. The van der Waals surface area contributed by atoms with Crippen LogP contribution in [0.4, 0.5) is 4.39 Å². The first-order valence-electron chi connectivity index (χ1n) is 9.17. The molecule has 3 rings (SSSR count). The average Bonchev–Trinajstić information content (AvgIpc) is 2.74. The number of nitrogens with one attached hydrogen (secondary N) is 2. The zero-order chi connectivity index (χ0) is 20.6. The molecule has 0 bridgehead atoms. The summed E-state index contributed by atoms with van der Waals surface area (Å²) in [7, 11) is 0. The topological polar surface area (TPSA) is 67.4 Å². The van der Waals surface area contributed by atoms with Crippen LogP contribution in [0.2, 0.25) is 0 Å². The lowest BCUT2D eigenvalue weighted by atomic mass is 9.99. The summed E-state index contributed by atoms with van der Waals surface area (Å²) in [5, 5.41) is 0. The van der Waals surface area contributed by atoms with Crippen molar-refractivity contribution < 1.29 is 18.7 Å². The lowest BCUT2D eigenvalue weighted by Gasteiger charge is -2.16. The number of hydrogen-bond acceptors (Lipinski definition) is 3. The van der Waals surface area contributed by atoms with Gasteiger partial charge in [-0.1, -0.05) is 48.5 Å². The van der Waals surface area contributed by atoms with Crippen LogP contribution in [0.25, 0.3) is 0 Å². The molecule has 0 heterocycles. The Balaban J connectivity index is 1.59. The van der Waals surface area contributed by atoms with Crippen LogP contribution in [0.3, 0.4) is 0 Å². The van der Waals surface area contributed by atoms with Gasteiger partial charge in [0.25, 0.3) is 11.8 Å². The van der Waals surface area contributed by atoms with Gasteiger partial charge in [-0.2, -0.15) is 0 Å². The fourth-order valence-electron chi connectivity index (χ4n) is 2.77. The Morgan fingerprint density at radius 1 is 0.897 bits per heavy atom. The number of halogens is 1. The molecule has 0 fully saturated rings. The molecule has 0 spiro atoms. The number of hydrazine groups is 1. The number of carbonyl (C=O) groups is 2. The predicted octanol–water partition coefficient (Wildman–Crippen LogP) is 3.65. The Morgan fingerprint density at radius 3 is 2.28 bits per heavy atom. The Kier molecular flexibility index (Phi) is 6.58. The minimum Gasteiger partial charge on any atom is -0.481 e. The molecule has 29 heavy (non-hydrogen) atoms. The standard InChI is InChI=1S/C23H21FN2O3/c1-16(29-20-13-11-19(24)12-14-20)22(27)25-26-23(28)21-10-6-5-9-18(21)15-17-7-3-2-4-8-17/h2-14,16H,15H2,1H3,(H,25,27)(H,26,28). The highest BCUT2D eigenvalue weighted by atomic mass is 19.1. The van der Waals surface area contributed by atoms with Gasteiger partial charge >= 0.3 is 0 Å². The molecule has 0 saturated heterocycles. The van der Waals surface area contributed by atoms with Gasteiger partial charge in [-0.3, -0.25) is 20.4 Å². The van der Waals surface area contributed by atoms with E-state index in [4.69, 9.17) is 4.74 Å². The molecule has 0 aliphatic carbocycles. The van der Waals surface area contributed by atoms with Crippen molar-refractivity contribution in [3.05, 3.63) is 101 Å². The van der Waals surface area contributed by atoms with E-state index in [0.29, 0.717) is 17.7 Å². The summed E-state index contributed by atoms with van der Waals surface area (Å²) < 4.78 is 18.4. The highest BCUT2D eigenvalue weighted by Gasteiger charge is 2.17. The van der Waals surface area contributed by atoms with Crippen molar-refractivity contribution in [3.63, 3.8) is 0 Å². The van der Waals surface area contributed by atoms with E-state index in [2.05, 4.69) is 10.9 Å². The van der Waals surface area contributed by atoms with Crippen molar-refractivity contribution in [2.75, 3.05) is 0 Å². The van der Waals surface area contributed by atoms with Crippen LogP contribution < -0.4 is 15.6 Å². The minimum absolute atomic E-state index is 0.355. The van der Waals surface area contributed by atoms with Crippen LogP contribution in [0.5, 0.6) is 5.75 Å². The van der Waals surface area contributed by atoms with Crippen molar-refractivity contribution in [2.45, 2.75) is 19.4 Å². The Hall–Kier alpha value is -3.67. The van der Waals surface area contributed by atoms with E-state index in [0.717, 1.165) is 11.1 Å². The number of benzene rings is 3. The second-order valence-corrected chi connectivity index (χ2v) is 6.48. The van der Waals surface area contributed by atoms with Gasteiger partial charge in [0, 0.05) is 5.56 Å². The first kappa shape index (κ1) is 20.1. The highest BCUT2D eigenvalue weighted by Crippen LogP contribution is 2.15. The number of ether oxygens (including phenoxy) is 1. The third kappa shape index (κ3) is 5.65. The summed E-state index contributed by atoms with van der Waals surface area (Å²) in [6.07, 6.45) is -0.275. The number of hydrogen-bond donors (Lipinski definition) is 2. The SMILES string of the molecule is CC(Oc1ccc(F)cc1)C(=O)NNC(=O)c1ccccc1Cc1ccccc1. The van der Waals surface area contributed by atoms with E-state index < -0.39 is 23.7 Å². The van der Waals surface area contributed by atoms with Crippen molar-refractivity contribution >= 4 is 11.8 Å². The lowest BCUT2D eigenvalue weighted by molar-refractivity contribution is -0.128. The summed E-state index contributed by atoms with van der Waals surface area (Å²) in [4.78, 5) is 24.8. The molecule has 2 N–H and O–H groups in total. The Labute approximate surface area is 168 Å². The summed E-state index contributed by atoms with van der Waals surface area (Å²) in [6.45, 7) is 1.54. The number of rotatable bonds is 6.